The average molecular weight is 908 g/mol. The number of likely N-dealkylation sites (tertiary alicyclic amines) is 2. The maximum atomic E-state index is 14.4. The van der Waals surface area contributed by atoms with Gasteiger partial charge in [-0.15, -0.1) is 0 Å². The average Bonchev–Trinajstić information content (AvgIpc) is 4.17. The summed E-state index contributed by atoms with van der Waals surface area (Å²) < 4.78 is 20.8. The van der Waals surface area contributed by atoms with Crippen molar-refractivity contribution in [3.8, 4) is 11.1 Å². The summed E-state index contributed by atoms with van der Waals surface area (Å²) in [5.74, 6) is 0.349. The number of ether oxygens (including phenoxy) is 4. The Morgan fingerprint density at radius 2 is 1.33 bits per heavy atom. The van der Waals surface area contributed by atoms with Gasteiger partial charge in [0.15, 0.2) is 0 Å². The van der Waals surface area contributed by atoms with E-state index in [2.05, 4.69) is 70.2 Å². The predicted molar refractivity (Wildman–Crippen MR) is 256 cm³/mol. The summed E-state index contributed by atoms with van der Waals surface area (Å²) in [5, 5.41) is 9.74. The SMILES string of the molecule is COC[C@H]1C[C@@H](C2=Nc3ccc4cc(-c5ccc6c(ccc7[nH]c([C@@H]8C[C@H](COC)CN8C(=O)[C@H](NC(=O)OC)c8ccccc8)nc76)c5)ccc4c3C2)N(C(=O)[C@@H](NC(=O)OC)C(C)C)C1. The van der Waals surface area contributed by atoms with E-state index >= 15 is 0 Å². The van der Waals surface area contributed by atoms with Crippen LogP contribution in [0.5, 0.6) is 0 Å². The number of alkyl carbamates (subject to hydrolysis) is 2. The monoisotopic (exact) mass is 907 g/mol. The third kappa shape index (κ3) is 8.93. The molecule has 9 rings (SSSR count). The Labute approximate surface area is 389 Å². The number of benzene rings is 5. The number of aliphatic imine (C=N–C) groups is 1. The molecule has 1 aromatic heterocycles. The van der Waals surface area contributed by atoms with Crippen LogP contribution in [0.15, 0.2) is 96.0 Å². The molecule has 0 aliphatic carbocycles. The van der Waals surface area contributed by atoms with E-state index in [0.717, 1.165) is 67.1 Å². The summed E-state index contributed by atoms with van der Waals surface area (Å²) in [6.07, 6.45) is 0.661. The van der Waals surface area contributed by atoms with Crippen molar-refractivity contribution in [2.24, 2.45) is 22.7 Å². The largest absolute Gasteiger partial charge is 0.453 e. The summed E-state index contributed by atoms with van der Waals surface area (Å²) in [6.45, 7) is 5.80. The molecular weight excluding hydrogens is 851 g/mol. The van der Waals surface area contributed by atoms with Crippen LogP contribution in [-0.2, 0) is 35.0 Å². The number of nitrogens with zero attached hydrogens (tertiary/aromatic N) is 4. The highest BCUT2D eigenvalue weighted by atomic mass is 16.5. The number of carbonyl (C=O) groups is 4. The number of nitrogens with one attached hydrogen (secondary N) is 3. The zero-order chi connectivity index (χ0) is 46.9. The number of aromatic nitrogens is 2. The van der Waals surface area contributed by atoms with Crippen LogP contribution in [0.3, 0.4) is 0 Å². The first-order valence-electron chi connectivity index (χ1n) is 22.9. The number of aromatic amines is 1. The van der Waals surface area contributed by atoms with E-state index in [1.807, 2.05) is 55.1 Å². The van der Waals surface area contributed by atoms with Crippen LogP contribution in [-0.4, -0.2) is 116 Å². The van der Waals surface area contributed by atoms with Crippen LogP contribution in [0.2, 0.25) is 0 Å². The number of imidazole rings is 1. The number of hydrogen-bond acceptors (Lipinski definition) is 10. The second kappa shape index (κ2) is 19.2. The van der Waals surface area contributed by atoms with Crippen molar-refractivity contribution < 1.29 is 38.1 Å². The number of hydrogen-bond donors (Lipinski definition) is 3. The molecule has 3 aliphatic heterocycles. The first-order valence-corrected chi connectivity index (χ1v) is 22.9. The molecule has 0 spiro atoms. The van der Waals surface area contributed by atoms with Gasteiger partial charge in [0.1, 0.15) is 17.9 Å². The molecule has 348 valence electrons. The molecule has 67 heavy (non-hydrogen) atoms. The molecular formula is C52H57N7O8. The van der Waals surface area contributed by atoms with Gasteiger partial charge in [0.05, 0.1) is 56.2 Å². The van der Waals surface area contributed by atoms with Crippen LogP contribution >= 0.6 is 0 Å². The molecule has 5 aromatic carbocycles. The molecule has 6 atom stereocenters. The van der Waals surface area contributed by atoms with E-state index < -0.39 is 24.3 Å². The number of methoxy groups -OCH3 is 4. The second-order valence-corrected chi connectivity index (χ2v) is 18.3. The summed E-state index contributed by atoms with van der Waals surface area (Å²) in [7, 11) is 5.92. The standard InChI is InChI=1S/C52H57N7O8/c1-29(2)45(56-51(62)66-5)49(60)58-25-30(27-64-3)20-43(58)42-24-39-37-16-12-33(22-35(37)14-18-40(39)53-42)34-13-17-38-36(23-34)15-19-41-47(38)55-48(54-41)44-21-31(28-65-4)26-59(44)50(61)46(57-52(63)67-6)32-10-8-7-9-11-32/h7-19,22-23,29-31,43-46H,20-21,24-28H2,1-6H3,(H,54,55)(H,56,62)(H,57,63)/t30-,31-,43-,44-,45-,46+/m0/s1. The van der Waals surface area contributed by atoms with Crippen molar-refractivity contribution >= 4 is 68.0 Å². The maximum absolute atomic E-state index is 14.4. The zero-order valence-corrected chi connectivity index (χ0v) is 38.7. The van der Waals surface area contributed by atoms with Gasteiger partial charge in [0.2, 0.25) is 5.91 Å². The van der Waals surface area contributed by atoms with Gasteiger partial charge in [-0.1, -0.05) is 80.6 Å². The van der Waals surface area contributed by atoms with E-state index in [1.165, 1.54) is 14.2 Å². The fourth-order valence-corrected chi connectivity index (χ4v) is 10.4. The second-order valence-electron chi connectivity index (χ2n) is 18.3. The summed E-state index contributed by atoms with van der Waals surface area (Å²) in [5.41, 5.74) is 7.45. The van der Waals surface area contributed by atoms with Gasteiger partial charge >= 0.3 is 12.2 Å². The Bertz CT molecular complexity index is 2880. The topological polar surface area (TPSA) is 177 Å². The maximum Gasteiger partial charge on any atom is 0.407 e. The number of amides is 4. The fraction of sp³-hybridized carbons (Fsp3) is 0.385. The van der Waals surface area contributed by atoms with Crippen molar-refractivity contribution in [3.63, 3.8) is 0 Å². The highest BCUT2D eigenvalue weighted by Gasteiger charge is 2.44. The quantitative estimate of drug-likeness (QED) is 0.104. The smallest absolute Gasteiger partial charge is 0.407 e. The number of fused-ring (bicyclic) bond motifs is 6. The highest BCUT2D eigenvalue weighted by molar-refractivity contribution is 6.07. The molecule has 15 heteroatoms. The number of rotatable bonds is 13. The Morgan fingerprint density at radius 3 is 1.99 bits per heavy atom. The molecule has 3 aliphatic rings. The van der Waals surface area contributed by atoms with Gasteiger partial charge in [-0.2, -0.15) is 0 Å². The van der Waals surface area contributed by atoms with Gasteiger partial charge in [0.25, 0.3) is 5.91 Å². The Balaban J connectivity index is 0.968. The van der Waals surface area contributed by atoms with E-state index in [0.29, 0.717) is 50.5 Å². The minimum atomic E-state index is -0.945. The minimum absolute atomic E-state index is 0.0710. The molecule has 4 amide bonds. The van der Waals surface area contributed by atoms with Crippen molar-refractivity contribution in [1.82, 2.24) is 30.4 Å². The lowest BCUT2D eigenvalue weighted by Crippen LogP contribution is -2.53. The number of H-pyrrole nitrogens is 1. The third-order valence-corrected chi connectivity index (χ3v) is 13.6. The Kier molecular flexibility index (Phi) is 13.0. The van der Waals surface area contributed by atoms with Crippen LogP contribution in [0.1, 0.15) is 55.7 Å². The lowest BCUT2D eigenvalue weighted by Gasteiger charge is -2.31. The van der Waals surface area contributed by atoms with Crippen LogP contribution in [0.4, 0.5) is 15.3 Å². The molecule has 0 saturated carbocycles. The first-order chi connectivity index (χ1) is 32.5. The van der Waals surface area contributed by atoms with E-state index in [1.54, 1.807) is 19.1 Å². The van der Waals surface area contributed by atoms with Gasteiger partial charge in [-0.25, -0.2) is 14.6 Å². The highest BCUT2D eigenvalue weighted by Crippen LogP contribution is 2.41. The van der Waals surface area contributed by atoms with Gasteiger partial charge in [0, 0.05) is 56.7 Å². The predicted octanol–water partition coefficient (Wildman–Crippen LogP) is 8.04. The van der Waals surface area contributed by atoms with Gasteiger partial charge in [-0.05, 0) is 81.4 Å². The Morgan fingerprint density at radius 1 is 0.716 bits per heavy atom. The van der Waals surface area contributed by atoms with Crippen molar-refractivity contribution in [3.05, 3.63) is 108 Å². The Hall–Kier alpha value is -6.84. The lowest BCUT2D eigenvalue weighted by atomic mass is 9.94. The third-order valence-electron chi connectivity index (χ3n) is 13.6. The molecule has 6 aromatic rings. The lowest BCUT2D eigenvalue weighted by molar-refractivity contribution is -0.135. The summed E-state index contributed by atoms with van der Waals surface area (Å²) in [4.78, 5) is 70.7. The molecule has 4 heterocycles. The van der Waals surface area contributed by atoms with E-state index in [9.17, 15) is 19.2 Å². The number of carbonyl (C=O) groups excluding carboxylic acids is 4. The summed E-state index contributed by atoms with van der Waals surface area (Å²) >= 11 is 0. The first kappa shape index (κ1) is 45.3. The van der Waals surface area contributed by atoms with E-state index in [4.69, 9.17) is 28.9 Å². The van der Waals surface area contributed by atoms with Crippen LogP contribution in [0.25, 0.3) is 43.7 Å². The molecule has 15 nitrogen and oxygen atoms in total. The molecule has 2 fully saturated rings. The van der Waals surface area contributed by atoms with Crippen molar-refractivity contribution in [2.45, 2.75) is 57.3 Å². The normalized spacial score (nSPS) is 20.0. The van der Waals surface area contributed by atoms with Gasteiger partial charge in [-0.3, -0.25) is 14.6 Å². The molecule has 0 radical (unpaired) electrons. The minimum Gasteiger partial charge on any atom is -0.453 e. The molecule has 0 unspecified atom stereocenters. The molecule has 3 N–H and O–H groups in total. The van der Waals surface area contributed by atoms with Crippen molar-refractivity contribution in [2.75, 3.05) is 54.7 Å². The van der Waals surface area contributed by atoms with Crippen molar-refractivity contribution in [1.29, 1.82) is 0 Å². The zero-order valence-electron chi connectivity index (χ0n) is 38.7. The fourth-order valence-electron chi connectivity index (χ4n) is 10.4. The van der Waals surface area contributed by atoms with Crippen LogP contribution in [0, 0.1) is 17.8 Å². The molecule has 2 saturated heterocycles. The summed E-state index contributed by atoms with van der Waals surface area (Å²) in [6, 6.07) is 28.2. The molecule has 0 bridgehead atoms. The van der Waals surface area contributed by atoms with E-state index in [-0.39, 0.29) is 41.7 Å². The van der Waals surface area contributed by atoms with Gasteiger partial charge < -0.3 is 44.4 Å². The van der Waals surface area contributed by atoms with Crippen LogP contribution < -0.4 is 10.6 Å².